The van der Waals surface area contributed by atoms with E-state index in [-0.39, 0.29) is 6.04 Å². The lowest BCUT2D eigenvalue weighted by molar-refractivity contribution is -0.144. The Labute approximate surface area is 73.7 Å². The van der Waals surface area contributed by atoms with Gasteiger partial charge < -0.3 is 10.6 Å². The van der Waals surface area contributed by atoms with E-state index < -0.39 is 24.9 Å². The van der Waals surface area contributed by atoms with E-state index in [0.717, 1.165) is 0 Å². The summed E-state index contributed by atoms with van der Waals surface area (Å²) in [6, 6.07) is 0.0146. The molecule has 1 heterocycles. The molecule has 0 spiro atoms. The van der Waals surface area contributed by atoms with Crippen LogP contribution in [0.4, 0.5) is 13.2 Å². The quantitative estimate of drug-likeness (QED) is 0.686. The Kier molecular flexibility index (Phi) is 3.13. The predicted octanol–water partition coefficient (Wildman–Crippen LogP) is 0.417. The van der Waals surface area contributed by atoms with Gasteiger partial charge in [-0.25, -0.2) is 0 Å². The van der Waals surface area contributed by atoms with Crippen molar-refractivity contribution in [3.8, 4) is 0 Å². The lowest BCUT2D eigenvalue weighted by atomic mass is 10.1. The Bertz CT molecular complexity index is 189. The van der Waals surface area contributed by atoms with Crippen molar-refractivity contribution in [2.45, 2.75) is 25.1 Å². The van der Waals surface area contributed by atoms with Crippen molar-refractivity contribution in [1.29, 1.82) is 0 Å². The molecule has 1 aliphatic heterocycles. The third-order valence-corrected chi connectivity index (χ3v) is 1.78. The summed E-state index contributed by atoms with van der Waals surface area (Å²) in [4.78, 5) is 10.9. The van der Waals surface area contributed by atoms with Gasteiger partial charge in [0.25, 0.3) is 0 Å². The Balaban J connectivity index is 2.10. The van der Waals surface area contributed by atoms with E-state index >= 15 is 0 Å². The van der Waals surface area contributed by atoms with Gasteiger partial charge in [0.05, 0.1) is 12.5 Å². The molecule has 0 bridgehead atoms. The lowest BCUT2D eigenvalue weighted by Gasteiger charge is -2.27. The molecule has 3 nitrogen and oxygen atoms in total. The SMILES string of the molecule is O=C(CCC(F)(F)F)NC1CNC1. The molecule has 0 saturated carbocycles. The first-order valence-electron chi connectivity index (χ1n) is 4.04. The molecule has 0 atom stereocenters. The zero-order chi connectivity index (χ0) is 9.90. The monoisotopic (exact) mass is 196 g/mol. The van der Waals surface area contributed by atoms with Crippen LogP contribution in [0.5, 0.6) is 0 Å². The van der Waals surface area contributed by atoms with Crippen LogP contribution < -0.4 is 10.6 Å². The molecule has 13 heavy (non-hydrogen) atoms. The van der Waals surface area contributed by atoms with Crippen LogP contribution in [0.15, 0.2) is 0 Å². The Hall–Kier alpha value is -0.780. The van der Waals surface area contributed by atoms with E-state index in [0.29, 0.717) is 13.1 Å². The van der Waals surface area contributed by atoms with Crippen molar-refractivity contribution in [1.82, 2.24) is 10.6 Å². The molecule has 1 rings (SSSR count). The van der Waals surface area contributed by atoms with E-state index in [9.17, 15) is 18.0 Å². The van der Waals surface area contributed by atoms with Crippen LogP contribution in [0, 0.1) is 0 Å². The van der Waals surface area contributed by atoms with Crippen LogP contribution in [0.25, 0.3) is 0 Å². The van der Waals surface area contributed by atoms with Gasteiger partial charge in [-0.3, -0.25) is 4.79 Å². The van der Waals surface area contributed by atoms with Crippen LogP contribution >= 0.6 is 0 Å². The topological polar surface area (TPSA) is 41.1 Å². The molecule has 0 aliphatic carbocycles. The largest absolute Gasteiger partial charge is 0.389 e. The first-order valence-corrected chi connectivity index (χ1v) is 4.04. The van der Waals surface area contributed by atoms with E-state index in [1.54, 1.807) is 0 Å². The highest BCUT2D eigenvalue weighted by molar-refractivity contribution is 5.76. The van der Waals surface area contributed by atoms with E-state index in [2.05, 4.69) is 10.6 Å². The molecule has 0 aromatic heterocycles. The molecular formula is C7H11F3N2O. The predicted molar refractivity (Wildman–Crippen MR) is 40.1 cm³/mol. The smallest absolute Gasteiger partial charge is 0.351 e. The number of carbonyl (C=O) groups excluding carboxylic acids is 1. The summed E-state index contributed by atoms with van der Waals surface area (Å²) in [7, 11) is 0. The number of hydrogen-bond acceptors (Lipinski definition) is 2. The van der Waals surface area contributed by atoms with Crippen LogP contribution in [0.1, 0.15) is 12.8 Å². The van der Waals surface area contributed by atoms with Gasteiger partial charge in [-0.15, -0.1) is 0 Å². The van der Waals surface area contributed by atoms with E-state index in [4.69, 9.17) is 0 Å². The summed E-state index contributed by atoms with van der Waals surface area (Å²) in [5.74, 6) is -0.524. The number of halogens is 3. The minimum Gasteiger partial charge on any atom is -0.351 e. The summed E-state index contributed by atoms with van der Waals surface area (Å²) in [6.07, 6.45) is -5.76. The van der Waals surface area contributed by atoms with Crippen LogP contribution in [0.2, 0.25) is 0 Å². The second kappa shape index (κ2) is 3.95. The summed E-state index contributed by atoms with van der Waals surface area (Å²) in [6.45, 7) is 1.30. The van der Waals surface area contributed by atoms with Crippen molar-refractivity contribution in [2.24, 2.45) is 0 Å². The van der Waals surface area contributed by atoms with Crippen LogP contribution in [-0.2, 0) is 4.79 Å². The first kappa shape index (κ1) is 10.3. The van der Waals surface area contributed by atoms with Gasteiger partial charge >= 0.3 is 6.18 Å². The third-order valence-electron chi connectivity index (χ3n) is 1.78. The summed E-state index contributed by atoms with van der Waals surface area (Å²) in [5.41, 5.74) is 0. The van der Waals surface area contributed by atoms with Crippen molar-refractivity contribution in [3.05, 3.63) is 0 Å². The minimum atomic E-state index is -4.24. The van der Waals surface area contributed by atoms with Crippen molar-refractivity contribution >= 4 is 5.91 Å². The molecule has 76 valence electrons. The maximum Gasteiger partial charge on any atom is 0.389 e. The summed E-state index contributed by atoms with van der Waals surface area (Å²) < 4.78 is 35.0. The molecule has 1 aliphatic rings. The molecule has 6 heteroatoms. The number of hydrogen-bond donors (Lipinski definition) is 2. The number of rotatable bonds is 3. The molecule has 2 N–H and O–H groups in total. The highest BCUT2D eigenvalue weighted by Crippen LogP contribution is 2.20. The van der Waals surface area contributed by atoms with Gasteiger partial charge in [0, 0.05) is 19.5 Å². The maximum absolute atomic E-state index is 11.7. The van der Waals surface area contributed by atoms with Gasteiger partial charge in [0.15, 0.2) is 0 Å². The number of amides is 1. The van der Waals surface area contributed by atoms with Crippen molar-refractivity contribution < 1.29 is 18.0 Å². The van der Waals surface area contributed by atoms with Gasteiger partial charge in [-0.05, 0) is 0 Å². The van der Waals surface area contributed by atoms with Gasteiger partial charge in [0.1, 0.15) is 0 Å². The standard InChI is InChI=1S/C7H11F3N2O/c8-7(9,10)2-1-6(13)12-5-3-11-4-5/h5,11H,1-4H2,(H,12,13). The third kappa shape index (κ3) is 4.12. The molecule has 1 saturated heterocycles. The highest BCUT2D eigenvalue weighted by atomic mass is 19.4. The van der Waals surface area contributed by atoms with Crippen LogP contribution in [-0.4, -0.2) is 31.2 Å². The van der Waals surface area contributed by atoms with Gasteiger partial charge in [-0.1, -0.05) is 0 Å². The zero-order valence-electron chi connectivity index (χ0n) is 6.95. The van der Waals surface area contributed by atoms with E-state index in [1.165, 1.54) is 0 Å². The molecule has 0 radical (unpaired) electrons. The molecule has 0 unspecified atom stereocenters. The summed E-state index contributed by atoms with van der Waals surface area (Å²) >= 11 is 0. The van der Waals surface area contributed by atoms with Crippen molar-refractivity contribution in [3.63, 3.8) is 0 Å². The second-order valence-corrected chi connectivity index (χ2v) is 3.04. The minimum absolute atomic E-state index is 0.0146. The second-order valence-electron chi connectivity index (χ2n) is 3.04. The molecular weight excluding hydrogens is 185 g/mol. The lowest BCUT2D eigenvalue weighted by Crippen LogP contribution is -2.56. The Morgan fingerprint density at radius 3 is 2.46 bits per heavy atom. The fourth-order valence-corrected chi connectivity index (χ4v) is 0.946. The first-order chi connectivity index (χ1) is 5.97. The average Bonchev–Trinajstić information content (AvgIpc) is 1.91. The average molecular weight is 196 g/mol. The highest BCUT2D eigenvalue weighted by Gasteiger charge is 2.28. The maximum atomic E-state index is 11.7. The van der Waals surface area contributed by atoms with Gasteiger partial charge in [0.2, 0.25) is 5.91 Å². The Morgan fingerprint density at radius 1 is 1.46 bits per heavy atom. The fraction of sp³-hybridized carbons (Fsp3) is 0.857. The number of alkyl halides is 3. The zero-order valence-corrected chi connectivity index (χ0v) is 6.95. The molecule has 1 amide bonds. The molecule has 0 aromatic rings. The molecule has 1 fully saturated rings. The van der Waals surface area contributed by atoms with Gasteiger partial charge in [-0.2, -0.15) is 13.2 Å². The molecule has 0 aromatic carbocycles. The number of nitrogens with one attached hydrogen (secondary N) is 2. The van der Waals surface area contributed by atoms with Crippen molar-refractivity contribution in [2.75, 3.05) is 13.1 Å². The fourth-order valence-electron chi connectivity index (χ4n) is 0.946. The van der Waals surface area contributed by atoms with E-state index in [1.807, 2.05) is 0 Å². The normalized spacial score (nSPS) is 18.1. The number of carbonyl (C=O) groups is 1. The van der Waals surface area contributed by atoms with Crippen LogP contribution in [0.3, 0.4) is 0 Å². The summed E-state index contributed by atoms with van der Waals surface area (Å²) in [5, 5.41) is 5.39. The Morgan fingerprint density at radius 2 is 2.08 bits per heavy atom.